The van der Waals surface area contributed by atoms with Crippen LogP contribution in [0.4, 0.5) is 5.13 Å². The van der Waals surface area contributed by atoms with E-state index >= 15 is 0 Å². The maximum absolute atomic E-state index is 12.3. The molecule has 0 spiro atoms. The number of anilines is 1. The number of carbonyl (C=O) groups is 1. The van der Waals surface area contributed by atoms with Crippen molar-refractivity contribution < 1.29 is 4.79 Å². The van der Waals surface area contributed by atoms with E-state index in [2.05, 4.69) is 41.5 Å². The fourth-order valence-electron chi connectivity index (χ4n) is 2.89. The summed E-state index contributed by atoms with van der Waals surface area (Å²) in [6.07, 6.45) is 1.01. The highest BCUT2D eigenvalue weighted by Crippen LogP contribution is 2.27. The Kier molecular flexibility index (Phi) is 5.09. The molecule has 0 aliphatic rings. The number of aryl methyl sites for hydroxylation is 2. The molecule has 4 rings (SSSR count). The molecule has 0 unspecified atom stereocenters. The molecule has 6 heteroatoms. The monoisotopic (exact) mass is 393 g/mol. The Morgan fingerprint density at radius 2 is 1.96 bits per heavy atom. The van der Waals surface area contributed by atoms with Crippen LogP contribution in [0.2, 0.25) is 0 Å². The highest BCUT2D eigenvalue weighted by Gasteiger charge is 2.11. The van der Waals surface area contributed by atoms with E-state index in [9.17, 15) is 4.79 Å². The third kappa shape index (κ3) is 3.96. The fraction of sp³-hybridized carbons (Fsp3) is 0.190. The van der Waals surface area contributed by atoms with Crippen LogP contribution in [0.1, 0.15) is 18.1 Å². The van der Waals surface area contributed by atoms with E-state index in [0.717, 1.165) is 38.1 Å². The number of nitrogens with one attached hydrogen (secondary N) is 1. The molecular weight excluding hydrogens is 374 g/mol. The molecule has 4 aromatic rings. The minimum atomic E-state index is -0.0679. The van der Waals surface area contributed by atoms with Gasteiger partial charge in [0.25, 0.3) is 0 Å². The van der Waals surface area contributed by atoms with Crippen molar-refractivity contribution in [3.63, 3.8) is 0 Å². The minimum Gasteiger partial charge on any atom is -0.301 e. The van der Waals surface area contributed by atoms with E-state index in [0.29, 0.717) is 10.9 Å². The highest BCUT2D eigenvalue weighted by atomic mass is 32.2. The zero-order valence-corrected chi connectivity index (χ0v) is 16.8. The topological polar surface area (TPSA) is 54.9 Å². The van der Waals surface area contributed by atoms with Gasteiger partial charge in [0.15, 0.2) is 5.13 Å². The molecule has 1 N–H and O–H groups in total. The lowest BCUT2D eigenvalue weighted by molar-refractivity contribution is -0.113. The number of aromatic nitrogens is 2. The summed E-state index contributed by atoms with van der Waals surface area (Å²) in [6, 6.07) is 16.4. The molecule has 2 aromatic heterocycles. The van der Waals surface area contributed by atoms with Crippen molar-refractivity contribution in [1.82, 2.24) is 9.97 Å². The molecule has 0 bridgehead atoms. The quantitative estimate of drug-likeness (QED) is 0.458. The molecule has 136 valence electrons. The zero-order valence-electron chi connectivity index (χ0n) is 15.2. The summed E-state index contributed by atoms with van der Waals surface area (Å²) in [4.78, 5) is 21.5. The number of amides is 1. The molecule has 0 aliphatic carbocycles. The predicted molar refractivity (Wildman–Crippen MR) is 115 cm³/mol. The number of hydrogen-bond donors (Lipinski definition) is 1. The second-order valence-corrected chi connectivity index (χ2v) is 8.31. The van der Waals surface area contributed by atoms with Gasteiger partial charge in [-0.3, -0.25) is 4.79 Å². The van der Waals surface area contributed by atoms with Gasteiger partial charge in [-0.2, -0.15) is 0 Å². The van der Waals surface area contributed by atoms with Crippen molar-refractivity contribution in [3.8, 4) is 0 Å². The summed E-state index contributed by atoms with van der Waals surface area (Å²) in [5, 5.41) is 5.57. The molecule has 0 saturated carbocycles. The first-order valence-corrected chi connectivity index (χ1v) is 10.6. The lowest BCUT2D eigenvalue weighted by Crippen LogP contribution is -2.14. The smallest absolute Gasteiger partial charge is 0.236 e. The largest absolute Gasteiger partial charge is 0.301 e. The number of para-hydroxylation sites is 1. The van der Waals surface area contributed by atoms with Crippen molar-refractivity contribution in [2.75, 3.05) is 11.1 Å². The van der Waals surface area contributed by atoms with Crippen LogP contribution in [0.15, 0.2) is 53.6 Å². The maximum Gasteiger partial charge on any atom is 0.236 e. The van der Waals surface area contributed by atoms with Crippen LogP contribution in [0, 0.1) is 6.92 Å². The Hall–Kier alpha value is -2.44. The second kappa shape index (κ2) is 7.66. The molecule has 2 aromatic carbocycles. The Balaban J connectivity index is 1.45. The summed E-state index contributed by atoms with van der Waals surface area (Å²) < 4.78 is 1.07. The van der Waals surface area contributed by atoms with Crippen molar-refractivity contribution in [2.24, 2.45) is 0 Å². The van der Waals surface area contributed by atoms with Gasteiger partial charge in [0.1, 0.15) is 5.03 Å². The summed E-state index contributed by atoms with van der Waals surface area (Å²) >= 11 is 2.95. The molecule has 27 heavy (non-hydrogen) atoms. The number of fused-ring (bicyclic) bond motifs is 2. The molecule has 0 saturated heterocycles. The third-order valence-corrected chi connectivity index (χ3v) is 6.36. The van der Waals surface area contributed by atoms with Crippen LogP contribution in [-0.2, 0) is 11.2 Å². The van der Waals surface area contributed by atoms with Crippen LogP contribution in [0.25, 0.3) is 21.1 Å². The first-order valence-electron chi connectivity index (χ1n) is 8.81. The van der Waals surface area contributed by atoms with Crippen LogP contribution in [0.5, 0.6) is 0 Å². The Labute approximate surface area is 166 Å². The SMILES string of the molecule is CCc1ccc2nc(SCC(=O)Nc3nc4ccccc4s3)c(C)cc2c1. The maximum atomic E-state index is 12.3. The predicted octanol–water partition coefficient (Wildman–Crippen LogP) is 5.45. The lowest BCUT2D eigenvalue weighted by Gasteiger charge is -2.08. The standard InChI is InChI=1S/C21H19N3OS2/c1-3-14-8-9-16-15(11-14)10-13(2)20(22-16)26-12-19(25)24-21-23-17-6-4-5-7-18(17)27-21/h4-11H,3,12H2,1-2H3,(H,23,24,25). The van der Waals surface area contributed by atoms with E-state index in [4.69, 9.17) is 4.98 Å². The third-order valence-electron chi connectivity index (χ3n) is 4.31. The van der Waals surface area contributed by atoms with E-state index in [1.165, 1.54) is 28.7 Å². The number of carbonyl (C=O) groups excluding carboxylic acids is 1. The van der Waals surface area contributed by atoms with Crippen molar-refractivity contribution in [1.29, 1.82) is 0 Å². The highest BCUT2D eigenvalue weighted by molar-refractivity contribution is 8.00. The van der Waals surface area contributed by atoms with Crippen LogP contribution in [-0.4, -0.2) is 21.6 Å². The van der Waals surface area contributed by atoms with E-state index in [1.54, 1.807) is 0 Å². The van der Waals surface area contributed by atoms with Gasteiger partial charge in [0.2, 0.25) is 5.91 Å². The summed E-state index contributed by atoms with van der Waals surface area (Å²) in [7, 11) is 0. The van der Waals surface area contributed by atoms with Gasteiger partial charge in [0, 0.05) is 5.39 Å². The lowest BCUT2D eigenvalue weighted by atomic mass is 10.1. The number of thiazole rings is 1. The Morgan fingerprint density at radius 3 is 2.78 bits per heavy atom. The van der Waals surface area contributed by atoms with Crippen LogP contribution >= 0.6 is 23.1 Å². The van der Waals surface area contributed by atoms with Gasteiger partial charge in [-0.15, -0.1) is 0 Å². The zero-order chi connectivity index (χ0) is 18.8. The first-order chi connectivity index (χ1) is 13.1. The van der Waals surface area contributed by atoms with E-state index in [1.807, 2.05) is 31.2 Å². The van der Waals surface area contributed by atoms with Crippen molar-refractivity contribution >= 4 is 55.3 Å². The van der Waals surface area contributed by atoms with Crippen LogP contribution in [0.3, 0.4) is 0 Å². The number of rotatable bonds is 5. The summed E-state index contributed by atoms with van der Waals surface area (Å²) in [6.45, 7) is 4.19. The molecular formula is C21H19N3OS2. The van der Waals surface area contributed by atoms with Crippen molar-refractivity contribution in [2.45, 2.75) is 25.3 Å². The van der Waals surface area contributed by atoms with Crippen molar-refractivity contribution in [3.05, 3.63) is 59.7 Å². The van der Waals surface area contributed by atoms with Crippen LogP contribution < -0.4 is 5.32 Å². The second-order valence-electron chi connectivity index (χ2n) is 6.31. The van der Waals surface area contributed by atoms with E-state index in [-0.39, 0.29) is 5.91 Å². The Bertz CT molecular complexity index is 1100. The Morgan fingerprint density at radius 1 is 1.11 bits per heavy atom. The number of benzene rings is 2. The van der Waals surface area contributed by atoms with Gasteiger partial charge in [-0.25, -0.2) is 9.97 Å². The molecule has 0 atom stereocenters. The molecule has 1 amide bonds. The number of hydrogen-bond acceptors (Lipinski definition) is 5. The molecule has 0 aliphatic heterocycles. The number of pyridine rings is 1. The average molecular weight is 394 g/mol. The molecule has 0 radical (unpaired) electrons. The average Bonchev–Trinajstić information content (AvgIpc) is 3.08. The molecule has 0 fully saturated rings. The minimum absolute atomic E-state index is 0.0679. The summed E-state index contributed by atoms with van der Waals surface area (Å²) in [5.41, 5.74) is 4.27. The van der Waals surface area contributed by atoms with Gasteiger partial charge in [-0.1, -0.05) is 48.2 Å². The number of nitrogens with zero attached hydrogens (tertiary/aromatic N) is 2. The van der Waals surface area contributed by atoms with Gasteiger partial charge >= 0.3 is 0 Å². The van der Waals surface area contributed by atoms with Gasteiger partial charge in [-0.05, 0) is 54.8 Å². The molecule has 4 nitrogen and oxygen atoms in total. The fourth-order valence-corrected chi connectivity index (χ4v) is 4.57. The van der Waals surface area contributed by atoms with Gasteiger partial charge in [0.05, 0.1) is 21.5 Å². The summed E-state index contributed by atoms with van der Waals surface area (Å²) in [5.74, 6) is 0.240. The normalized spacial score (nSPS) is 11.2. The molecule has 2 heterocycles. The van der Waals surface area contributed by atoms with Gasteiger partial charge < -0.3 is 5.32 Å². The number of thioether (sulfide) groups is 1. The first kappa shape index (κ1) is 17.9. The van der Waals surface area contributed by atoms with E-state index < -0.39 is 0 Å².